The van der Waals surface area contributed by atoms with Gasteiger partial charge in [0.05, 0.1) is 11.3 Å². The Morgan fingerprint density at radius 2 is 2.06 bits per heavy atom. The van der Waals surface area contributed by atoms with E-state index in [4.69, 9.17) is 10.2 Å². The van der Waals surface area contributed by atoms with Gasteiger partial charge in [0.25, 0.3) is 0 Å². The number of nitrogens with one attached hydrogen (secondary N) is 2. The SMILES string of the molecule is C[C@H](Nc1c(C(=O)O)ccc2n[nH]nc12)C(=O)O. The van der Waals surface area contributed by atoms with Crippen molar-refractivity contribution in [1.29, 1.82) is 0 Å². The van der Waals surface area contributed by atoms with Crippen LogP contribution >= 0.6 is 0 Å². The number of fused-ring (bicyclic) bond motifs is 1. The van der Waals surface area contributed by atoms with Crippen LogP contribution in [0.4, 0.5) is 5.69 Å². The summed E-state index contributed by atoms with van der Waals surface area (Å²) in [6, 6.07) is 1.91. The van der Waals surface area contributed by atoms with E-state index in [1.807, 2.05) is 0 Å². The van der Waals surface area contributed by atoms with E-state index in [9.17, 15) is 9.59 Å². The molecule has 4 N–H and O–H groups in total. The van der Waals surface area contributed by atoms with E-state index < -0.39 is 18.0 Å². The fourth-order valence-electron chi connectivity index (χ4n) is 1.52. The second-order valence-electron chi connectivity index (χ2n) is 3.69. The second kappa shape index (κ2) is 4.32. The molecule has 0 amide bonds. The summed E-state index contributed by atoms with van der Waals surface area (Å²) in [5, 5.41) is 30.5. The number of carboxylic acid groups (broad SMARTS) is 2. The molecule has 2 rings (SSSR count). The minimum absolute atomic E-state index is 0.0514. The Morgan fingerprint density at radius 1 is 1.33 bits per heavy atom. The molecule has 18 heavy (non-hydrogen) atoms. The monoisotopic (exact) mass is 250 g/mol. The highest BCUT2D eigenvalue weighted by Crippen LogP contribution is 2.25. The van der Waals surface area contributed by atoms with Gasteiger partial charge in [0.1, 0.15) is 17.1 Å². The van der Waals surface area contributed by atoms with Gasteiger partial charge in [-0.25, -0.2) is 4.79 Å². The molecule has 0 bridgehead atoms. The molecule has 0 aliphatic heterocycles. The van der Waals surface area contributed by atoms with Gasteiger partial charge in [-0.2, -0.15) is 15.4 Å². The third kappa shape index (κ3) is 1.95. The second-order valence-corrected chi connectivity index (χ2v) is 3.69. The van der Waals surface area contributed by atoms with Gasteiger partial charge in [-0.05, 0) is 19.1 Å². The highest BCUT2D eigenvalue weighted by molar-refractivity contribution is 6.04. The molecule has 1 aromatic carbocycles. The molecule has 0 spiro atoms. The number of aromatic nitrogens is 3. The Morgan fingerprint density at radius 3 is 2.67 bits per heavy atom. The van der Waals surface area contributed by atoms with Crippen LogP contribution in [0.1, 0.15) is 17.3 Å². The van der Waals surface area contributed by atoms with E-state index in [0.717, 1.165) is 0 Å². The zero-order valence-corrected chi connectivity index (χ0v) is 9.34. The van der Waals surface area contributed by atoms with Crippen molar-refractivity contribution in [2.75, 3.05) is 5.32 Å². The van der Waals surface area contributed by atoms with Crippen LogP contribution in [0.3, 0.4) is 0 Å². The highest BCUT2D eigenvalue weighted by atomic mass is 16.4. The lowest BCUT2D eigenvalue weighted by atomic mass is 10.1. The molecule has 1 atom stereocenters. The first-order valence-electron chi connectivity index (χ1n) is 5.07. The van der Waals surface area contributed by atoms with Gasteiger partial charge < -0.3 is 15.5 Å². The summed E-state index contributed by atoms with van der Waals surface area (Å²) in [4.78, 5) is 21.9. The quantitative estimate of drug-likeness (QED) is 0.623. The number of aromatic amines is 1. The molecule has 94 valence electrons. The molecular formula is C10H10N4O4. The molecule has 0 unspecified atom stereocenters. The summed E-state index contributed by atoms with van der Waals surface area (Å²) in [7, 11) is 0. The molecule has 0 aliphatic rings. The molecule has 0 fully saturated rings. The summed E-state index contributed by atoms with van der Waals surface area (Å²) in [5.74, 6) is -2.26. The summed E-state index contributed by atoms with van der Waals surface area (Å²) >= 11 is 0. The van der Waals surface area contributed by atoms with Crippen molar-refractivity contribution < 1.29 is 19.8 Å². The number of carbonyl (C=O) groups is 2. The summed E-state index contributed by atoms with van der Waals surface area (Å²) < 4.78 is 0. The van der Waals surface area contributed by atoms with Crippen LogP contribution in [-0.2, 0) is 4.79 Å². The van der Waals surface area contributed by atoms with E-state index in [2.05, 4.69) is 20.7 Å². The average Bonchev–Trinajstić information content (AvgIpc) is 2.76. The van der Waals surface area contributed by atoms with Gasteiger partial charge in [-0.1, -0.05) is 0 Å². The van der Waals surface area contributed by atoms with Crippen molar-refractivity contribution in [2.45, 2.75) is 13.0 Å². The number of H-pyrrole nitrogens is 1. The Balaban J connectivity index is 2.56. The molecule has 0 aliphatic carbocycles. The lowest BCUT2D eigenvalue weighted by molar-refractivity contribution is -0.137. The van der Waals surface area contributed by atoms with Crippen molar-refractivity contribution >= 4 is 28.7 Å². The van der Waals surface area contributed by atoms with Crippen LogP contribution in [0, 0.1) is 0 Å². The average molecular weight is 250 g/mol. The number of benzene rings is 1. The van der Waals surface area contributed by atoms with Crippen molar-refractivity contribution in [2.24, 2.45) is 0 Å². The van der Waals surface area contributed by atoms with Crippen LogP contribution in [0.25, 0.3) is 11.0 Å². The number of aliphatic carboxylic acids is 1. The lowest BCUT2D eigenvalue weighted by Crippen LogP contribution is -2.26. The zero-order chi connectivity index (χ0) is 13.3. The van der Waals surface area contributed by atoms with E-state index in [1.165, 1.54) is 19.1 Å². The van der Waals surface area contributed by atoms with Crippen LogP contribution in [0.2, 0.25) is 0 Å². The molecule has 1 heterocycles. The number of hydrogen-bond donors (Lipinski definition) is 4. The Bertz CT molecular complexity index is 621. The van der Waals surface area contributed by atoms with Crippen LogP contribution in [-0.4, -0.2) is 43.6 Å². The van der Waals surface area contributed by atoms with Crippen LogP contribution in [0.15, 0.2) is 12.1 Å². The highest BCUT2D eigenvalue weighted by Gasteiger charge is 2.20. The minimum Gasteiger partial charge on any atom is -0.480 e. The molecule has 2 aromatic rings. The van der Waals surface area contributed by atoms with Gasteiger partial charge in [0.15, 0.2) is 0 Å². The Kier molecular flexibility index (Phi) is 2.84. The third-order valence-electron chi connectivity index (χ3n) is 2.45. The summed E-state index contributed by atoms with van der Waals surface area (Å²) in [5.41, 5.74) is 0.844. The van der Waals surface area contributed by atoms with Gasteiger partial charge in [-0.3, -0.25) is 4.79 Å². The Hall–Kier alpha value is -2.64. The molecule has 1 aromatic heterocycles. The number of anilines is 1. The summed E-state index contributed by atoms with van der Waals surface area (Å²) in [6.45, 7) is 1.41. The topological polar surface area (TPSA) is 128 Å². The molecule has 0 saturated heterocycles. The molecule has 8 heteroatoms. The van der Waals surface area contributed by atoms with E-state index in [0.29, 0.717) is 11.0 Å². The maximum atomic E-state index is 11.1. The van der Waals surface area contributed by atoms with Crippen molar-refractivity contribution in [3.63, 3.8) is 0 Å². The van der Waals surface area contributed by atoms with Crippen molar-refractivity contribution in [1.82, 2.24) is 15.4 Å². The van der Waals surface area contributed by atoms with Gasteiger partial charge in [-0.15, -0.1) is 0 Å². The fourth-order valence-corrected chi connectivity index (χ4v) is 1.52. The van der Waals surface area contributed by atoms with Crippen LogP contribution in [0.5, 0.6) is 0 Å². The Labute approximate surface area is 101 Å². The first-order chi connectivity index (χ1) is 8.50. The summed E-state index contributed by atoms with van der Waals surface area (Å²) in [6.07, 6.45) is 0. The largest absolute Gasteiger partial charge is 0.480 e. The zero-order valence-electron chi connectivity index (χ0n) is 9.34. The van der Waals surface area contributed by atoms with E-state index in [1.54, 1.807) is 0 Å². The third-order valence-corrected chi connectivity index (χ3v) is 2.45. The fraction of sp³-hybridized carbons (Fsp3) is 0.200. The van der Waals surface area contributed by atoms with Crippen LogP contribution < -0.4 is 5.32 Å². The van der Waals surface area contributed by atoms with Gasteiger partial charge >= 0.3 is 11.9 Å². The normalized spacial score (nSPS) is 12.3. The number of rotatable bonds is 4. The molecule has 0 saturated carbocycles. The van der Waals surface area contributed by atoms with Gasteiger partial charge in [0, 0.05) is 0 Å². The standard InChI is InChI=1S/C10H10N4O4/c1-4(9(15)16)11-7-5(10(17)18)2-3-6-8(7)13-14-12-6/h2-4,11H,1H3,(H,15,16)(H,17,18)(H,12,13,14)/t4-/m0/s1. The maximum Gasteiger partial charge on any atom is 0.337 e. The number of carboxylic acids is 2. The number of hydrogen-bond acceptors (Lipinski definition) is 5. The van der Waals surface area contributed by atoms with Gasteiger partial charge in [0.2, 0.25) is 0 Å². The minimum atomic E-state index is -1.17. The maximum absolute atomic E-state index is 11.1. The number of aromatic carboxylic acids is 1. The van der Waals surface area contributed by atoms with E-state index in [-0.39, 0.29) is 11.3 Å². The van der Waals surface area contributed by atoms with Crippen molar-refractivity contribution in [3.8, 4) is 0 Å². The predicted molar refractivity (Wildman–Crippen MR) is 61.6 cm³/mol. The molecular weight excluding hydrogens is 240 g/mol. The van der Waals surface area contributed by atoms with Crippen molar-refractivity contribution in [3.05, 3.63) is 17.7 Å². The molecule has 0 radical (unpaired) electrons. The lowest BCUT2D eigenvalue weighted by Gasteiger charge is -2.13. The molecule has 8 nitrogen and oxygen atoms in total. The number of nitrogens with zero attached hydrogens (tertiary/aromatic N) is 2. The predicted octanol–water partition coefficient (Wildman–Crippen LogP) is 0.541. The smallest absolute Gasteiger partial charge is 0.337 e. The van der Waals surface area contributed by atoms with E-state index >= 15 is 0 Å². The first kappa shape index (κ1) is 11.8. The first-order valence-corrected chi connectivity index (χ1v) is 5.07.